The van der Waals surface area contributed by atoms with Crippen molar-refractivity contribution in [1.29, 1.82) is 0 Å². The molecule has 0 aliphatic carbocycles. The van der Waals surface area contributed by atoms with Crippen molar-refractivity contribution in [3.63, 3.8) is 0 Å². The number of para-hydroxylation sites is 1. The van der Waals surface area contributed by atoms with E-state index >= 15 is 0 Å². The molecule has 31 heavy (non-hydrogen) atoms. The first-order valence-electron chi connectivity index (χ1n) is 10.7. The van der Waals surface area contributed by atoms with Crippen LogP contribution >= 0.6 is 0 Å². The predicted octanol–water partition coefficient (Wildman–Crippen LogP) is 1.86. The minimum Gasteiger partial charge on any atom is -0.496 e. The molecule has 0 bridgehead atoms. The maximum absolute atomic E-state index is 13.0. The Kier molecular flexibility index (Phi) is 6.02. The summed E-state index contributed by atoms with van der Waals surface area (Å²) in [5, 5.41) is 8.37. The number of ether oxygens (including phenoxy) is 1. The lowest BCUT2D eigenvalue weighted by molar-refractivity contribution is 0.0702. The highest BCUT2D eigenvalue weighted by Gasteiger charge is 2.34. The first-order chi connectivity index (χ1) is 14.8. The van der Waals surface area contributed by atoms with Gasteiger partial charge in [0.2, 0.25) is 10.0 Å². The van der Waals surface area contributed by atoms with E-state index in [1.807, 2.05) is 12.1 Å². The van der Waals surface area contributed by atoms with Gasteiger partial charge in [0.05, 0.1) is 24.5 Å². The van der Waals surface area contributed by atoms with Crippen LogP contribution in [0.25, 0.3) is 0 Å². The highest BCUT2D eigenvalue weighted by Crippen LogP contribution is 2.31. The molecular weight excluding hydrogens is 418 g/mol. The number of nitrogens with zero attached hydrogens (tertiary/aromatic N) is 5. The molecule has 0 N–H and O–H groups in total. The number of sulfonamides is 1. The van der Waals surface area contributed by atoms with Crippen LogP contribution in [0.1, 0.15) is 54.6 Å². The Labute approximate surface area is 183 Å². The van der Waals surface area contributed by atoms with E-state index in [-0.39, 0.29) is 11.8 Å². The van der Waals surface area contributed by atoms with Crippen LogP contribution in [0.5, 0.6) is 5.75 Å². The lowest BCUT2D eigenvalue weighted by Gasteiger charge is -2.33. The topological polar surface area (TPSA) is 97.6 Å². The maximum Gasteiger partial charge on any atom is 0.258 e. The summed E-state index contributed by atoms with van der Waals surface area (Å²) in [6.45, 7) is 6.03. The van der Waals surface area contributed by atoms with Crippen molar-refractivity contribution in [3.05, 3.63) is 41.5 Å². The fourth-order valence-corrected chi connectivity index (χ4v) is 5.63. The third-order valence-corrected chi connectivity index (χ3v) is 8.46. The second-order valence-electron chi connectivity index (χ2n) is 8.32. The van der Waals surface area contributed by atoms with Crippen molar-refractivity contribution < 1.29 is 17.9 Å². The molecule has 168 valence electrons. The second kappa shape index (κ2) is 8.58. The Hall–Kier alpha value is -2.46. The first kappa shape index (κ1) is 21.8. The lowest BCUT2D eigenvalue weighted by Crippen LogP contribution is -2.42. The summed E-state index contributed by atoms with van der Waals surface area (Å²) in [6.07, 6.45) is 1.46. The maximum atomic E-state index is 13.0. The molecular formula is C21H29N5O4S. The molecule has 1 amide bonds. The number of hydrogen-bond acceptors (Lipinski definition) is 6. The van der Waals surface area contributed by atoms with Crippen LogP contribution in [0.4, 0.5) is 0 Å². The Morgan fingerprint density at radius 1 is 1.10 bits per heavy atom. The number of piperidine rings is 1. The van der Waals surface area contributed by atoms with Crippen molar-refractivity contribution in [1.82, 2.24) is 24.0 Å². The zero-order valence-electron chi connectivity index (χ0n) is 18.2. The molecule has 4 rings (SSSR count). The lowest BCUT2D eigenvalue weighted by atomic mass is 9.97. The van der Waals surface area contributed by atoms with Gasteiger partial charge in [-0.05, 0) is 38.8 Å². The number of rotatable bonds is 5. The Balaban J connectivity index is 1.45. The van der Waals surface area contributed by atoms with Crippen molar-refractivity contribution >= 4 is 15.9 Å². The van der Waals surface area contributed by atoms with Crippen LogP contribution in [-0.2, 0) is 23.1 Å². The van der Waals surface area contributed by atoms with Crippen molar-refractivity contribution in [2.45, 2.75) is 50.9 Å². The number of fused-ring (bicyclic) bond motifs is 1. The normalized spacial score (nSPS) is 18.3. The van der Waals surface area contributed by atoms with E-state index in [0.29, 0.717) is 44.0 Å². The highest BCUT2D eigenvalue weighted by molar-refractivity contribution is 7.89. The predicted molar refractivity (Wildman–Crippen MR) is 115 cm³/mol. The van der Waals surface area contributed by atoms with Crippen molar-refractivity contribution in [3.8, 4) is 5.75 Å². The summed E-state index contributed by atoms with van der Waals surface area (Å²) in [7, 11) is -1.66. The molecule has 1 saturated heterocycles. The zero-order valence-corrected chi connectivity index (χ0v) is 19.0. The molecule has 1 fully saturated rings. The van der Waals surface area contributed by atoms with E-state index in [4.69, 9.17) is 4.74 Å². The molecule has 0 radical (unpaired) electrons. The van der Waals surface area contributed by atoms with E-state index in [0.717, 1.165) is 24.5 Å². The fraction of sp³-hybridized carbons (Fsp3) is 0.571. The first-order valence-corrected chi connectivity index (χ1v) is 12.2. The molecule has 0 atom stereocenters. The number of carbonyl (C=O) groups is 1. The number of aromatic nitrogens is 3. The smallest absolute Gasteiger partial charge is 0.258 e. The molecule has 9 nitrogen and oxygen atoms in total. The van der Waals surface area contributed by atoms with Gasteiger partial charge in [0.1, 0.15) is 11.6 Å². The van der Waals surface area contributed by atoms with Crippen LogP contribution in [0.2, 0.25) is 0 Å². The Morgan fingerprint density at radius 3 is 2.48 bits per heavy atom. The van der Waals surface area contributed by atoms with Gasteiger partial charge >= 0.3 is 0 Å². The summed E-state index contributed by atoms with van der Waals surface area (Å²) in [6, 6.07) is 7.22. The molecule has 2 aliphatic rings. The molecule has 2 aromatic rings. The SMILES string of the molecule is COc1ccccc1C(=O)N1CCn2c(nnc2C2CCN(S(=O)(=O)C(C)C)CC2)C1. The largest absolute Gasteiger partial charge is 0.496 e. The van der Waals surface area contributed by atoms with Gasteiger partial charge < -0.3 is 14.2 Å². The number of benzene rings is 1. The van der Waals surface area contributed by atoms with Gasteiger partial charge in [0.15, 0.2) is 5.82 Å². The van der Waals surface area contributed by atoms with Crippen molar-refractivity contribution in [2.75, 3.05) is 26.7 Å². The number of amides is 1. The standard InChI is InChI=1S/C21H29N5O4S/c1-15(2)31(28,29)25-10-8-16(9-11-25)20-23-22-19-14-24(12-13-26(19)20)21(27)17-6-4-5-7-18(17)30-3/h4-7,15-16H,8-14H2,1-3H3. The summed E-state index contributed by atoms with van der Waals surface area (Å²) in [5.41, 5.74) is 0.539. The van der Waals surface area contributed by atoms with Gasteiger partial charge in [-0.2, -0.15) is 0 Å². The quantitative estimate of drug-likeness (QED) is 0.694. The molecule has 10 heteroatoms. The Bertz CT molecular complexity index is 1060. The molecule has 1 aromatic heterocycles. The van der Waals surface area contributed by atoms with Crippen LogP contribution < -0.4 is 4.74 Å². The summed E-state index contributed by atoms with van der Waals surface area (Å²) in [5.74, 6) is 2.32. The molecule has 0 saturated carbocycles. The van der Waals surface area contributed by atoms with Crippen LogP contribution in [0, 0.1) is 0 Å². The van der Waals surface area contributed by atoms with Gasteiger partial charge in [0.25, 0.3) is 5.91 Å². The molecule has 0 spiro atoms. The van der Waals surface area contributed by atoms with Crippen LogP contribution in [0.15, 0.2) is 24.3 Å². The zero-order chi connectivity index (χ0) is 22.2. The molecule has 3 heterocycles. The minimum absolute atomic E-state index is 0.0829. The summed E-state index contributed by atoms with van der Waals surface area (Å²) < 4.78 is 33.9. The summed E-state index contributed by atoms with van der Waals surface area (Å²) >= 11 is 0. The van der Waals surface area contributed by atoms with Crippen LogP contribution in [0.3, 0.4) is 0 Å². The fourth-order valence-electron chi connectivity index (χ4n) is 4.31. The summed E-state index contributed by atoms with van der Waals surface area (Å²) in [4.78, 5) is 14.8. The van der Waals surface area contributed by atoms with Gasteiger partial charge in [-0.15, -0.1) is 10.2 Å². The van der Waals surface area contributed by atoms with Gasteiger partial charge in [-0.1, -0.05) is 12.1 Å². The van der Waals surface area contributed by atoms with Gasteiger partial charge in [-0.25, -0.2) is 12.7 Å². The molecule has 1 aromatic carbocycles. The highest BCUT2D eigenvalue weighted by atomic mass is 32.2. The average molecular weight is 448 g/mol. The van der Waals surface area contributed by atoms with E-state index in [1.54, 1.807) is 42.3 Å². The Morgan fingerprint density at radius 2 is 1.81 bits per heavy atom. The van der Waals surface area contributed by atoms with Gasteiger partial charge in [-0.3, -0.25) is 4.79 Å². The third-order valence-electron chi connectivity index (χ3n) is 6.18. The van der Waals surface area contributed by atoms with Gasteiger partial charge in [0, 0.05) is 32.1 Å². The third kappa shape index (κ3) is 4.06. The average Bonchev–Trinajstić information content (AvgIpc) is 3.21. The molecule has 0 unspecified atom stereocenters. The van der Waals surface area contributed by atoms with Crippen molar-refractivity contribution in [2.24, 2.45) is 0 Å². The monoisotopic (exact) mass is 447 g/mol. The van der Waals surface area contributed by atoms with E-state index in [9.17, 15) is 13.2 Å². The number of carbonyl (C=O) groups excluding carboxylic acids is 1. The van der Waals surface area contributed by atoms with E-state index in [1.165, 1.54) is 0 Å². The number of hydrogen-bond donors (Lipinski definition) is 0. The van der Waals surface area contributed by atoms with Crippen LogP contribution in [-0.4, -0.2) is 70.3 Å². The van der Waals surface area contributed by atoms with E-state index < -0.39 is 15.3 Å². The molecule has 2 aliphatic heterocycles. The second-order valence-corrected chi connectivity index (χ2v) is 10.8. The number of methoxy groups -OCH3 is 1. The van der Waals surface area contributed by atoms with E-state index in [2.05, 4.69) is 14.8 Å². The minimum atomic E-state index is -3.22.